The van der Waals surface area contributed by atoms with Crippen molar-refractivity contribution in [3.8, 4) is 5.75 Å². The lowest BCUT2D eigenvalue weighted by Gasteiger charge is -2.26. The zero-order valence-corrected chi connectivity index (χ0v) is 17.6. The molecule has 1 aromatic heterocycles. The lowest BCUT2D eigenvalue weighted by atomic mass is 10.0. The van der Waals surface area contributed by atoms with Crippen LogP contribution in [0.2, 0.25) is 0 Å². The number of methoxy groups -OCH3 is 1. The minimum absolute atomic E-state index is 0.0177. The van der Waals surface area contributed by atoms with Gasteiger partial charge in [-0.2, -0.15) is 0 Å². The Morgan fingerprint density at radius 3 is 2.83 bits per heavy atom. The Morgan fingerprint density at radius 1 is 1.21 bits per heavy atom. The second-order valence-corrected chi connectivity index (χ2v) is 7.60. The predicted molar refractivity (Wildman–Crippen MR) is 112 cm³/mol. The lowest BCUT2D eigenvalue weighted by molar-refractivity contribution is 0.232. The molecule has 29 heavy (non-hydrogen) atoms. The quantitative estimate of drug-likeness (QED) is 0.709. The van der Waals surface area contributed by atoms with Crippen molar-refractivity contribution in [3.05, 3.63) is 41.5 Å². The van der Waals surface area contributed by atoms with Crippen LogP contribution in [-0.2, 0) is 19.4 Å². The van der Waals surface area contributed by atoms with Gasteiger partial charge in [0.05, 0.1) is 13.2 Å². The van der Waals surface area contributed by atoms with E-state index < -0.39 is 0 Å². The maximum absolute atomic E-state index is 12.3. The van der Waals surface area contributed by atoms with E-state index in [-0.39, 0.29) is 12.1 Å². The number of hydrogen-bond acceptors (Lipinski definition) is 5. The molecule has 2 heterocycles. The molecule has 1 unspecified atom stereocenters. The SMILES string of the molecule is COc1ccccc1C(CNC(=O)NCCc1nnc2n1CCCCC2)N(C)C. The Hall–Kier alpha value is -2.61. The van der Waals surface area contributed by atoms with Gasteiger partial charge in [0, 0.05) is 38.0 Å². The molecule has 3 rings (SSSR count). The summed E-state index contributed by atoms with van der Waals surface area (Å²) in [5.74, 6) is 2.86. The third-order valence-corrected chi connectivity index (χ3v) is 5.40. The molecule has 0 radical (unpaired) electrons. The van der Waals surface area contributed by atoms with E-state index in [9.17, 15) is 4.79 Å². The van der Waals surface area contributed by atoms with Gasteiger partial charge in [0.1, 0.15) is 17.4 Å². The molecule has 1 aliphatic rings. The average Bonchev–Trinajstić information content (AvgIpc) is 2.94. The number of carbonyl (C=O) groups is 1. The molecule has 2 amide bonds. The standard InChI is InChI=1S/C21H32N6O2/c1-26(2)17(16-9-6-7-10-18(16)29-3)15-23-21(28)22-13-12-20-25-24-19-11-5-4-8-14-27(19)20/h6-7,9-10,17H,4-5,8,11-15H2,1-3H3,(H2,22,23,28). The van der Waals surface area contributed by atoms with E-state index >= 15 is 0 Å². The van der Waals surface area contributed by atoms with Crippen LogP contribution in [0.1, 0.15) is 42.5 Å². The minimum atomic E-state index is -0.178. The molecule has 0 bridgehead atoms. The molecule has 158 valence electrons. The summed E-state index contributed by atoms with van der Waals surface area (Å²) in [4.78, 5) is 14.4. The van der Waals surface area contributed by atoms with Crippen LogP contribution in [0.25, 0.3) is 0 Å². The fourth-order valence-corrected chi connectivity index (χ4v) is 3.78. The molecule has 0 saturated carbocycles. The summed E-state index contributed by atoms with van der Waals surface area (Å²) in [6, 6.07) is 7.73. The molecular weight excluding hydrogens is 368 g/mol. The average molecular weight is 401 g/mol. The van der Waals surface area contributed by atoms with Crippen LogP contribution in [0.15, 0.2) is 24.3 Å². The van der Waals surface area contributed by atoms with Crippen LogP contribution in [0, 0.1) is 0 Å². The maximum atomic E-state index is 12.3. The van der Waals surface area contributed by atoms with E-state index in [2.05, 4.69) is 30.3 Å². The first-order valence-electron chi connectivity index (χ1n) is 10.3. The Morgan fingerprint density at radius 2 is 2.03 bits per heavy atom. The summed E-state index contributed by atoms with van der Waals surface area (Å²) in [5.41, 5.74) is 1.05. The summed E-state index contributed by atoms with van der Waals surface area (Å²) in [6.07, 6.45) is 5.27. The normalized spacial score (nSPS) is 14.8. The van der Waals surface area contributed by atoms with Gasteiger partial charge in [0.2, 0.25) is 0 Å². The zero-order chi connectivity index (χ0) is 20.6. The molecule has 1 aromatic carbocycles. The van der Waals surface area contributed by atoms with Crippen LogP contribution in [0.5, 0.6) is 5.75 Å². The Labute approximate surface area is 172 Å². The number of carbonyl (C=O) groups excluding carboxylic acids is 1. The van der Waals surface area contributed by atoms with E-state index in [1.165, 1.54) is 19.3 Å². The fraction of sp³-hybridized carbons (Fsp3) is 0.571. The van der Waals surface area contributed by atoms with Crippen molar-refractivity contribution in [3.63, 3.8) is 0 Å². The highest BCUT2D eigenvalue weighted by Gasteiger charge is 2.19. The van der Waals surface area contributed by atoms with E-state index in [0.717, 1.165) is 35.9 Å². The molecule has 8 nitrogen and oxygen atoms in total. The van der Waals surface area contributed by atoms with Crippen LogP contribution >= 0.6 is 0 Å². The molecule has 1 atom stereocenters. The first-order chi connectivity index (χ1) is 14.1. The van der Waals surface area contributed by atoms with Crippen LogP contribution in [0.4, 0.5) is 4.79 Å². The minimum Gasteiger partial charge on any atom is -0.496 e. The summed E-state index contributed by atoms with van der Waals surface area (Å²) in [6.45, 7) is 2.00. The van der Waals surface area contributed by atoms with E-state index in [0.29, 0.717) is 19.5 Å². The lowest BCUT2D eigenvalue weighted by Crippen LogP contribution is -2.41. The number of nitrogens with zero attached hydrogens (tertiary/aromatic N) is 4. The maximum Gasteiger partial charge on any atom is 0.314 e. The fourth-order valence-electron chi connectivity index (χ4n) is 3.78. The van der Waals surface area contributed by atoms with Crippen LogP contribution < -0.4 is 15.4 Å². The second-order valence-electron chi connectivity index (χ2n) is 7.60. The highest BCUT2D eigenvalue weighted by atomic mass is 16.5. The second kappa shape index (κ2) is 10.2. The molecule has 0 fully saturated rings. The third-order valence-electron chi connectivity index (χ3n) is 5.40. The van der Waals surface area contributed by atoms with Gasteiger partial charge >= 0.3 is 6.03 Å². The first kappa shape index (κ1) is 21.1. The van der Waals surface area contributed by atoms with Crippen molar-refractivity contribution in [1.82, 2.24) is 30.3 Å². The Bertz CT molecular complexity index is 804. The number of urea groups is 1. The van der Waals surface area contributed by atoms with Gasteiger partial charge < -0.3 is 24.8 Å². The number of benzene rings is 1. The molecule has 0 spiro atoms. The van der Waals surface area contributed by atoms with E-state index in [1.807, 2.05) is 38.4 Å². The van der Waals surface area contributed by atoms with Crippen LogP contribution in [0.3, 0.4) is 0 Å². The molecule has 0 saturated heterocycles. The monoisotopic (exact) mass is 400 g/mol. The number of ether oxygens (including phenoxy) is 1. The van der Waals surface area contributed by atoms with Crippen molar-refractivity contribution in [2.75, 3.05) is 34.3 Å². The summed E-state index contributed by atoms with van der Waals surface area (Å²) in [5, 5.41) is 14.5. The topological polar surface area (TPSA) is 84.3 Å². The Kier molecular flexibility index (Phi) is 7.46. The predicted octanol–water partition coefficient (Wildman–Crippen LogP) is 2.16. The van der Waals surface area contributed by atoms with Gasteiger partial charge in [-0.25, -0.2) is 4.79 Å². The number of para-hydroxylation sites is 1. The van der Waals surface area contributed by atoms with Gasteiger partial charge in [0.15, 0.2) is 0 Å². The summed E-state index contributed by atoms with van der Waals surface area (Å²) in [7, 11) is 5.65. The van der Waals surface area contributed by atoms with Gasteiger partial charge in [-0.3, -0.25) is 0 Å². The third kappa shape index (κ3) is 5.47. The molecule has 1 aliphatic heterocycles. The molecule has 2 aromatic rings. The summed E-state index contributed by atoms with van der Waals surface area (Å²) >= 11 is 0. The first-order valence-corrected chi connectivity index (χ1v) is 10.3. The van der Waals surface area contributed by atoms with Crippen molar-refractivity contribution in [2.45, 2.75) is 44.7 Å². The van der Waals surface area contributed by atoms with E-state index in [4.69, 9.17) is 4.74 Å². The van der Waals surface area contributed by atoms with Crippen molar-refractivity contribution >= 4 is 6.03 Å². The smallest absolute Gasteiger partial charge is 0.314 e. The van der Waals surface area contributed by atoms with Gasteiger partial charge in [-0.15, -0.1) is 10.2 Å². The highest BCUT2D eigenvalue weighted by molar-refractivity contribution is 5.73. The largest absolute Gasteiger partial charge is 0.496 e. The molecular formula is C21H32N6O2. The molecule has 2 N–H and O–H groups in total. The number of aromatic nitrogens is 3. The number of likely N-dealkylation sites (N-methyl/N-ethyl adjacent to an activating group) is 1. The zero-order valence-electron chi connectivity index (χ0n) is 17.6. The highest BCUT2D eigenvalue weighted by Crippen LogP contribution is 2.27. The van der Waals surface area contributed by atoms with Crippen molar-refractivity contribution in [2.24, 2.45) is 0 Å². The number of nitrogens with one attached hydrogen (secondary N) is 2. The van der Waals surface area contributed by atoms with E-state index in [1.54, 1.807) is 7.11 Å². The molecule has 0 aliphatic carbocycles. The molecule has 8 heteroatoms. The van der Waals surface area contributed by atoms with Gasteiger partial charge in [0.25, 0.3) is 0 Å². The number of fused-ring (bicyclic) bond motifs is 1. The summed E-state index contributed by atoms with van der Waals surface area (Å²) < 4.78 is 7.69. The van der Waals surface area contributed by atoms with Gasteiger partial charge in [-0.1, -0.05) is 24.6 Å². The number of aryl methyl sites for hydroxylation is 1. The number of rotatable bonds is 8. The van der Waals surface area contributed by atoms with Gasteiger partial charge in [-0.05, 0) is 33.0 Å². The number of hydrogen-bond donors (Lipinski definition) is 2. The van der Waals surface area contributed by atoms with Crippen LogP contribution in [-0.4, -0.2) is 60.0 Å². The van der Waals surface area contributed by atoms with Crippen molar-refractivity contribution in [1.29, 1.82) is 0 Å². The van der Waals surface area contributed by atoms with Crippen molar-refractivity contribution < 1.29 is 9.53 Å². The number of amides is 2. The Balaban J connectivity index is 1.49.